The van der Waals surface area contributed by atoms with E-state index in [2.05, 4.69) is 69.2 Å². The summed E-state index contributed by atoms with van der Waals surface area (Å²) < 4.78 is 0. The van der Waals surface area contributed by atoms with Gasteiger partial charge in [-0.2, -0.15) is 11.8 Å². The van der Waals surface area contributed by atoms with Gasteiger partial charge in [-0.1, -0.05) is 46.6 Å². The Bertz CT molecular complexity index is 789. The molecule has 4 nitrogen and oxygen atoms in total. The van der Waals surface area contributed by atoms with E-state index in [1.165, 1.54) is 33.6 Å². The van der Waals surface area contributed by atoms with Gasteiger partial charge in [0.1, 0.15) is 6.04 Å². The quantitative estimate of drug-likeness (QED) is 0.188. The minimum Gasteiger partial charge on any atom is -0.480 e. The smallest absolute Gasteiger partial charge is 0.327 e. The Morgan fingerprint density at radius 2 is 1.56 bits per heavy atom. The predicted molar refractivity (Wildman–Crippen MR) is 143 cm³/mol. The van der Waals surface area contributed by atoms with Crippen LogP contribution < -0.4 is 5.32 Å². The van der Waals surface area contributed by atoms with Gasteiger partial charge in [0, 0.05) is 23.1 Å². The number of allylic oxidation sites excluding steroid dienone is 7. The van der Waals surface area contributed by atoms with Crippen molar-refractivity contribution in [3.63, 3.8) is 0 Å². The first-order valence-corrected chi connectivity index (χ1v) is 13.4. The number of anilines is 1. The minimum absolute atomic E-state index is 0.513. The lowest BCUT2D eigenvalue weighted by Crippen LogP contribution is -2.31. The fourth-order valence-corrected chi connectivity index (χ4v) is 4.58. The van der Waals surface area contributed by atoms with Gasteiger partial charge >= 0.3 is 5.97 Å². The highest BCUT2D eigenvalue weighted by atomic mass is 32.2. The molecule has 2 N–H and O–H groups in total. The molecule has 0 amide bonds. The van der Waals surface area contributed by atoms with Crippen LogP contribution in [0.1, 0.15) is 73.1 Å². The molecule has 0 aliphatic rings. The molecule has 1 unspecified atom stereocenters. The first kappa shape index (κ1) is 28.2. The number of thioether (sulfide) groups is 1. The summed E-state index contributed by atoms with van der Waals surface area (Å²) in [4.78, 5) is 15.5. The molecule has 0 aromatic carbocycles. The first-order valence-electron chi connectivity index (χ1n) is 11.3. The molecule has 1 heterocycles. The van der Waals surface area contributed by atoms with Crippen molar-refractivity contribution >= 4 is 34.2 Å². The Kier molecular flexibility index (Phi) is 14.8. The summed E-state index contributed by atoms with van der Waals surface area (Å²) in [6.07, 6.45) is 17.6. The lowest BCUT2D eigenvalue weighted by Gasteiger charge is -2.12. The van der Waals surface area contributed by atoms with Crippen LogP contribution >= 0.6 is 23.1 Å². The molecule has 1 rings (SSSR count). The van der Waals surface area contributed by atoms with Crippen molar-refractivity contribution in [1.29, 1.82) is 0 Å². The summed E-state index contributed by atoms with van der Waals surface area (Å²) in [5.41, 5.74) is 5.70. The topological polar surface area (TPSA) is 62.2 Å². The van der Waals surface area contributed by atoms with Crippen LogP contribution in [0.15, 0.2) is 58.2 Å². The minimum atomic E-state index is -0.841. The average molecular weight is 477 g/mol. The summed E-state index contributed by atoms with van der Waals surface area (Å²) in [7, 11) is 0. The number of nitrogens with one attached hydrogen (secondary N) is 1. The second-order valence-corrected chi connectivity index (χ2v) is 10.4. The number of nitrogens with zero attached hydrogens (tertiary/aromatic N) is 1. The van der Waals surface area contributed by atoms with E-state index in [4.69, 9.17) is 0 Å². The van der Waals surface area contributed by atoms with Gasteiger partial charge in [-0.05, 0) is 73.1 Å². The van der Waals surface area contributed by atoms with Crippen LogP contribution in [0.2, 0.25) is 0 Å². The van der Waals surface area contributed by atoms with E-state index >= 15 is 0 Å². The van der Waals surface area contributed by atoms with Gasteiger partial charge in [-0.3, -0.25) is 0 Å². The van der Waals surface area contributed by atoms with E-state index in [1.54, 1.807) is 18.0 Å². The van der Waals surface area contributed by atoms with Gasteiger partial charge in [0.25, 0.3) is 0 Å². The van der Waals surface area contributed by atoms with Gasteiger partial charge < -0.3 is 10.4 Å². The lowest BCUT2D eigenvalue weighted by molar-refractivity contribution is -0.137. The highest BCUT2D eigenvalue weighted by Gasteiger charge is 2.17. The number of rotatable bonds is 16. The van der Waals surface area contributed by atoms with Crippen LogP contribution in [-0.2, 0) is 4.79 Å². The predicted octanol–water partition coefficient (Wildman–Crippen LogP) is 7.89. The Labute approximate surface area is 203 Å². The molecule has 6 heteroatoms. The summed E-state index contributed by atoms with van der Waals surface area (Å²) in [6.45, 7) is 10.9. The molecule has 0 saturated heterocycles. The van der Waals surface area contributed by atoms with Crippen molar-refractivity contribution in [2.75, 3.05) is 16.8 Å². The van der Waals surface area contributed by atoms with E-state index in [9.17, 15) is 9.90 Å². The summed E-state index contributed by atoms with van der Waals surface area (Å²) in [5.74, 6) is 0.500. The third kappa shape index (κ3) is 14.3. The van der Waals surface area contributed by atoms with Crippen LogP contribution in [0.5, 0.6) is 0 Å². The van der Waals surface area contributed by atoms with Gasteiger partial charge in [-0.15, -0.1) is 11.3 Å². The SMILES string of the molecule is CC(C)=CCCC(C)=CCCC(C)=CCCC(C)=CCSCC(Nc1nccs1)C(=O)O. The van der Waals surface area contributed by atoms with Crippen LogP contribution in [0.25, 0.3) is 0 Å². The average Bonchev–Trinajstić information content (AvgIpc) is 3.23. The molecular weight excluding hydrogens is 436 g/mol. The molecule has 0 fully saturated rings. The number of carboxylic acids is 1. The molecule has 178 valence electrons. The summed E-state index contributed by atoms with van der Waals surface area (Å²) in [5, 5.41) is 14.8. The maximum absolute atomic E-state index is 11.4. The highest BCUT2D eigenvalue weighted by molar-refractivity contribution is 7.99. The van der Waals surface area contributed by atoms with Crippen molar-refractivity contribution < 1.29 is 9.90 Å². The Balaban J connectivity index is 2.24. The normalized spacial score (nSPS) is 13.7. The highest BCUT2D eigenvalue weighted by Crippen LogP contribution is 2.16. The second kappa shape index (κ2) is 16.8. The van der Waals surface area contributed by atoms with Gasteiger partial charge in [0.15, 0.2) is 5.13 Å². The molecule has 1 aromatic heterocycles. The maximum Gasteiger partial charge on any atom is 0.327 e. The van der Waals surface area contributed by atoms with E-state index in [-0.39, 0.29) is 0 Å². The lowest BCUT2D eigenvalue weighted by atomic mass is 10.0. The monoisotopic (exact) mass is 476 g/mol. The molecule has 0 saturated carbocycles. The van der Waals surface area contributed by atoms with Gasteiger partial charge in [0.2, 0.25) is 0 Å². The first-order chi connectivity index (χ1) is 15.3. The molecule has 0 aliphatic carbocycles. The van der Waals surface area contributed by atoms with Crippen molar-refractivity contribution in [3.05, 3.63) is 58.2 Å². The maximum atomic E-state index is 11.4. The van der Waals surface area contributed by atoms with E-state index in [0.717, 1.165) is 44.3 Å². The molecule has 0 aliphatic heterocycles. The van der Waals surface area contributed by atoms with Crippen LogP contribution in [0, 0.1) is 0 Å². The summed E-state index contributed by atoms with van der Waals surface area (Å²) in [6, 6.07) is -0.615. The Morgan fingerprint density at radius 3 is 2.06 bits per heavy atom. The number of thiazole rings is 1. The zero-order valence-corrected chi connectivity index (χ0v) is 22.0. The fourth-order valence-electron chi connectivity index (χ4n) is 2.99. The summed E-state index contributed by atoms with van der Waals surface area (Å²) >= 11 is 3.05. The van der Waals surface area contributed by atoms with Crippen molar-refractivity contribution in [1.82, 2.24) is 4.98 Å². The number of aromatic nitrogens is 1. The molecule has 1 aromatic rings. The van der Waals surface area contributed by atoms with Crippen molar-refractivity contribution in [2.24, 2.45) is 0 Å². The number of aliphatic carboxylic acids is 1. The van der Waals surface area contributed by atoms with E-state index in [1.807, 2.05) is 5.38 Å². The molecule has 32 heavy (non-hydrogen) atoms. The Morgan fingerprint density at radius 1 is 1.00 bits per heavy atom. The fraction of sp³-hybridized carbons (Fsp3) is 0.538. The van der Waals surface area contributed by atoms with E-state index in [0.29, 0.717) is 10.9 Å². The molecule has 0 radical (unpaired) electrons. The number of hydrogen-bond acceptors (Lipinski definition) is 5. The number of hydrogen-bond donors (Lipinski definition) is 2. The molecule has 0 spiro atoms. The Hall–Kier alpha value is -1.79. The van der Waals surface area contributed by atoms with Crippen LogP contribution in [0.4, 0.5) is 5.13 Å². The standard InChI is InChI=1S/C26H40N2O2S2/c1-20(2)9-6-10-21(3)11-7-12-22(4)13-8-14-23(5)15-17-31-19-24(25(29)30)28-26-27-16-18-32-26/h9,11,13,15-16,18,24H,6-8,10,12,14,17,19H2,1-5H3,(H,27,28)(H,29,30). The molecular formula is C26H40N2O2S2. The number of carboxylic acid groups (broad SMARTS) is 1. The van der Waals surface area contributed by atoms with Gasteiger partial charge in [-0.25, -0.2) is 9.78 Å². The zero-order chi connectivity index (χ0) is 23.8. The van der Waals surface area contributed by atoms with Crippen LogP contribution in [-0.4, -0.2) is 33.6 Å². The van der Waals surface area contributed by atoms with Crippen molar-refractivity contribution in [3.8, 4) is 0 Å². The van der Waals surface area contributed by atoms with Crippen LogP contribution in [0.3, 0.4) is 0 Å². The molecule has 1 atom stereocenters. The second-order valence-electron chi connectivity index (χ2n) is 8.46. The van der Waals surface area contributed by atoms with Gasteiger partial charge in [0.05, 0.1) is 0 Å². The van der Waals surface area contributed by atoms with E-state index < -0.39 is 12.0 Å². The third-order valence-electron chi connectivity index (χ3n) is 5.02. The van der Waals surface area contributed by atoms with Crippen molar-refractivity contribution in [2.45, 2.75) is 79.2 Å². The number of carbonyl (C=O) groups is 1. The third-order valence-corrected chi connectivity index (χ3v) is 6.69. The zero-order valence-electron chi connectivity index (χ0n) is 20.3. The largest absolute Gasteiger partial charge is 0.480 e. The molecule has 0 bridgehead atoms.